The third-order valence-corrected chi connectivity index (χ3v) is 5.02. The number of nitrogens with one attached hydrogen (secondary N) is 2. The summed E-state index contributed by atoms with van der Waals surface area (Å²) >= 11 is 0. The zero-order chi connectivity index (χ0) is 19.2. The highest BCUT2D eigenvalue weighted by molar-refractivity contribution is 5.85. The smallest absolute Gasteiger partial charge is 0.224 e. The minimum Gasteiger partial charge on any atom is -0.359 e. The van der Waals surface area contributed by atoms with Crippen LogP contribution in [0.25, 0.3) is 11.4 Å². The zero-order valence-electron chi connectivity index (χ0n) is 16.1. The summed E-state index contributed by atoms with van der Waals surface area (Å²) in [6.45, 7) is 2.54. The molecule has 1 aromatic carbocycles. The van der Waals surface area contributed by atoms with Crippen LogP contribution in [0.1, 0.15) is 23.3 Å². The van der Waals surface area contributed by atoms with Gasteiger partial charge in [-0.25, -0.2) is 0 Å². The van der Waals surface area contributed by atoms with E-state index >= 15 is 0 Å². The van der Waals surface area contributed by atoms with E-state index in [0.29, 0.717) is 24.4 Å². The molecular formula is C22H25ClN4O2. The van der Waals surface area contributed by atoms with Crippen molar-refractivity contribution < 1.29 is 9.32 Å². The van der Waals surface area contributed by atoms with Crippen LogP contribution in [0.2, 0.25) is 0 Å². The number of aromatic nitrogens is 2. The number of pyridine rings is 1. The van der Waals surface area contributed by atoms with E-state index in [4.69, 9.17) is 4.52 Å². The third kappa shape index (κ3) is 5.89. The summed E-state index contributed by atoms with van der Waals surface area (Å²) in [6, 6.07) is 15.8. The van der Waals surface area contributed by atoms with Crippen LogP contribution in [0.3, 0.4) is 0 Å². The molecule has 1 aliphatic heterocycles. The van der Waals surface area contributed by atoms with E-state index in [2.05, 4.69) is 32.9 Å². The van der Waals surface area contributed by atoms with Gasteiger partial charge in [-0.1, -0.05) is 35.5 Å². The molecule has 1 unspecified atom stereocenters. The van der Waals surface area contributed by atoms with E-state index < -0.39 is 0 Å². The second-order valence-electron chi connectivity index (χ2n) is 7.23. The lowest BCUT2D eigenvalue weighted by molar-refractivity contribution is -0.120. The SMILES string of the molecule is Cl.O=C(Cc1ccc(CC2CCNC2)cc1)NCc1cc(-c2ccccn2)no1. The summed E-state index contributed by atoms with van der Waals surface area (Å²) in [5, 5.41) is 10.3. The van der Waals surface area contributed by atoms with Gasteiger partial charge in [0, 0.05) is 12.3 Å². The Bertz CT molecular complexity index is 906. The van der Waals surface area contributed by atoms with Crippen molar-refractivity contribution in [3.8, 4) is 11.4 Å². The summed E-state index contributed by atoms with van der Waals surface area (Å²) in [5.74, 6) is 1.30. The number of amides is 1. The van der Waals surface area contributed by atoms with Gasteiger partial charge in [-0.2, -0.15) is 0 Å². The number of rotatable bonds is 7. The number of hydrogen-bond donors (Lipinski definition) is 2. The molecule has 1 fully saturated rings. The fourth-order valence-electron chi connectivity index (χ4n) is 3.48. The molecule has 3 aromatic rings. The number of benzene rings is 1. The summed E-state index contributed by atoms with van der Waals surface area (Å²) in [7, 11) is 0. The third-order valence-electron chi connectivity index (χ3n) is 5.02. The van der Waals surface area contributed by atoms with Crippen molar-refractivity contribution in [3.05, 3.63) is 71.6 Å². The Morgan fingerprint density at radius 2 is 1.97 bits per heavy atom. The average Bonchev–Trinajstić information content (AvgIpc) is 3.41. The maximum absolute atomic E-state index is 12.2. The molecule has 1 atom stereocenters. The normalized spacial score (nSPS) is 15.7. The quantitative estimate of drug-likeness (QED) is 0.623. The van der Waals surface area contributed by atoms with Crippen LogP contribution in [0.5, 0.6) is 0 Å². The van der Waals surface area contributed by atoms with Crippen molar-refractivity contribution in [1.29, 1.82) is 0 Å². The second kappa shape index (κ2) is 10.2. The van der Waals surface area contributed by atoms with Crippen molar-refractivity contribution in [2.45, 2.75) is 25.8 Å². The molecule has 4 rings (SSSR count). The Hall–Kier alpha value is -2.70. The van der Waals surface area contributed by atoms with Crippen LogP contribution in [-0.4, -0.2) is 29.1 Å². The van der Waals surface area contributed by atoms with Crippen LogP contribution < -0.4 is 10.6 Å². The molecule has 3 heterocycles. The minimum atomic E-state index is -0.0384. The van der Waals surface area contributed by atoms with Crippen molar-refractivity contribution in [2.24, 2.45) is 5.92 Å². The molecule has 2 N–H and O–H groups in total. The van der Waals surface area contributed by atoms with E-state index in [1.165, 1.54) is 12.0 Å². The van der Waals surface area contributed by atoms with E-state index in [9.17, 15) is 4.79 Å². The molecule has 1 saturated heterocycles. The summed E-state index contributed by atoms with van der Waals surface area (Å²) in [5.41, 5.74) is 3.76. The van der Waals surface area contributed by atoms with Gasteiger partial charge in [-0.05, 0) is 55.1 Å². The van der Waals surface area contributed by atoms with Gasteiger partial charge in [0.25, 0.3) is 0 Å². The molecule has 0 saturated carbocycles. The lowest BCUT2D eigenvalue weighted by Gasteiger charge is -2.09. The molecule has 0 bridgehead atoms. The Morgan fingerprint density at radius 3 is 2.69 bits per heavy atom. The first-order valence-electron chi connectivity index (χ1n) is 9.68. The van der Waals surface area contributed by atoms with Gasteiger partial charge in [0.2, 0.25) is 5.91 Å². The summed E-state index contributed by atoms with van der Waals surface area (Å²) in [6.07, 6.45) is 4.41. The first kappa shape index (κ1) is 21.0. The molecule has 0 spiro atoms. The molecule has 0 radical (unpaired) electrons. The van der Waals surface area contributed by atoms with Crippen molar-refractivity contribution in [1.82, 2.24) is 20.8 Å². The molecule has 1 amide bonds. The van der Waals surface area contributed by atoms with E-state index in [1.54, 1.807) is 12.3 Å². The van der Waals surface area contributed by atoms with Crippen LogP contribution in [0, 0.1) is 5.92 Å². The Labute approximate surface area is 176 Å². The van der Waals surface area contributed by atoms with Crippen LogP contribution >= 0.6 is 12.4 Å². The van der Waals surface area contributed by atoms with Crippen LogP contribution in [-0.2, 0) is 24.2 Å². The zero-order valence-corrected chi connectivity index (χ0v) is 17.0. The summed E-state index contributed by atoms with van der Waals surface area (Å²) < 4.78 is 5.29. The number of nitrogens with zero attached hydrogens (tertiary/aromatic N) is 2. The minimum absolute atomic E-state index is 0. The van der Waals surface area contributed by atoms with E-state index in [1.807, 2.05) is 30.3 Å². The largest absolute Gasteiger partial charge is 0.359 e. The number of carbonyl (C=O) groups excluding carboxylic acids is 1. The highest BCUT2D eigenvalue weighted by Gasteiger charge is 2.15. The van der Waals surface area contributed by atoms with Crippen molar-refractivity contribution in [3.63, 3.8) is 0 Å². The van der Waals surface area contributed by atoms with E-state index in [0.717, 1.165) is 36.7 Å². The highest BCUT2D eigenvalue weighted by atomic mass is 35.5. The fourth-order valence-corrected chi connectivity index (χ4v) is 3.48. The fraction of sp³-hybridized carbons (Fsp3) is 0.318. The van der Waals surface area contributed by atoms with Gasteiger partial charge in [-0.15, -0.1) is 12.4 Å². The molecule has 1 aliphatic rings. The Kier molecular flexibility index (Phi) is 7.38. The van der Waals surface area contributed by atoms with Gasteiger partial charge in [0.1, 0.15) is 5.69 Å². The van der Waals surface area contributed by atoms with Crippen LogP contribution in [0.4, 0.5) is 0 Å². The molecule has 29 heavy (non-hydrogen) atoms. The van der Waals surface area contributed by atoms with Crippen molar-refractivity contribution in [2.75, 3.05) is 13.1 Å². The maximum atomic E-state index is 12.2. The monoisotopic (exact) mass is 412 g/mol. The molecule has 0 aliphatic carbocycles. The Balaban J connectivity index is 0.00000240. The maximum Gasteiger partial charge on any atom is 0.224 e. The first-order chi connectivity index (χ1) is 13.8. The number of halogens is 1. The lowest BCUT2D eigenvalue weighted by atomic mass is 9.97. The Morgan fingerprint density at radius 1 is 1.14 bits per heavy atom. The molecule has 7 heteroatoms. The predicted molar refractivity (Wildman–Crippen MR) is 114 cm³/mol. The van der Waals surface area contributed by atoms with Gasteiger partial charge in [0.15, 0.2) is 5.76 Å². The van der Waals surface area contributed by atoms with Gasteiger partial charge < -0.3 is 15.2 Å². The van der Waals surface area contributed by atoms with Gasteiger partial charge in [0.05, 0.1) is 18.7 Å². The molecule has 6 nitrogen and oxygen atoms in total. The highest BCUT2D eigenvalue weighted by Crippen LogP contribution is 2.17. The molecular weight excluding hydrogens is 388 g/mol. The van der Waals surface area contributed by atoms with Gasteiger partial charge in [-0.3, -0.25) is 9.78 Å². The van der Waals surface area contributed by atoms with Crippen LogP contribution in [0.15, 0.2) is 59.3 Å². The average molecular weight is 413 g/mol. The lowest BCUT2D eigenvalue weighted by Crippen LogP contribution is -2.24. The van der Waals surface area contributed by atoms with Gasteiger partial charge >= 0.3 is 0 Å². The number of carbonyl (C=O) groups is 1. The predicted octanol–water partition coefficient (Wildman–Crippen LogP) is 3.17. The second-order valence-corrected chi connectivity index (χ2v) is 7.23. The standard InChI is InChI=1S/C22H24N4O2.ClH/c27-22(12-17-6-4-16(5-7-17)11-18-8-10-23-14-18)25-15-19-13-21(26-28-19)20-3-1-2-9-24-20;/h1-7,9,13,18,23H,8,10-12,14-15H2,(H,25,27);1H. The van der Waals surface area contributed by atoms with E-state index in [-0.39, 0.29) is 18.3 Å². The molecule has 152 valence electrons. The topological polar surface area (TPSA) is 80.0 Å². The molecule has 2 aromatic heterocycles. The number of hydrogen-bond acceptors (Lipinski definition) is 5. The van der Waals surface area contributed by atoms with Crippen molar-refractivity contribution >= 4 is 18.3 Å². The first-order valence-corrected chi connectivity index (χ1v) is 9.68. The summed E-state index contributed by atoms with van der Waals surface area (Å²) in [4.78, 5) is 16.5.